The summed E-state index contributed by atoms with van der Waals surface area (Å²) in [7, 11) is 0. The lowest BCUT2D eigenvalue weighted by atomic mass is 9.74. The van der Waals surface area contributed by atoms with Gasteiger partial charge >= 0.3 is 0 Å². The first-order valence-corrected chi connectivity index (χ1v) is 11.7. The number of allylic oxidation sites excluding steroid dienone is 1. The highest BCUT2D eigenvalue weighted by Crippen LogP contribution is 2.38. The van der Waals surface area contributed by atoms with E-state index in [9.17, 15) is 0 Å². The number of rotatable bonds is 9. The first kappa shape index (κ1) is 21.3. The molecule has 2 heterocycles. The highest BCUT2D eigenvalue weighted by Gasteiger charge is 2.28. The van der Waals surface area contributed by atoms with Crippen LogP contribution in [0, 0.1) is 11.8 Å². The van der Waals surface area contributed by atoms with Gasteiger partial charge in [0.25, 0.3) is 0 Å². The molecule has 0 N–H and O–H groups in total. The van der Waals surface area contributed by atoms with Crippen molar-refractivity contribution in [2.45, 2.75) is 58.9 Å². The van der Waals surface area contributed by atoms with E-state index in [-0.39, 0.29) is 0 Å². The standard InChI is InChI=1S/C23H43N3O/c1-4-20(3)23(21-7-6-8-21)19-22(5-2)26-13-11-24(12-14-26)9-10-25-15-17-27-18-16-25/h19-22H,4-18H2,1-3H3/b23-19+. The van der Waals surface area contributed by atoms with Gasteiger partial charge in [0.2, 0.25) is 0 Å². The SMILES string of the molecule is CCC(C)/C(=C\C(CC)N1CCN(CCN2CCOCC2)CC1)C1CCC1. The number of ether oxygens (including phenoxy) is 1. The molecule has 2 aliphatic heterocycles. The Morgan fingerprint density at radius 1 is 0.926 bits per heavy atom. The molecule has 3 rings (SSSR count). The van der Waals surface area contributed by atoms with Crippen LogP contribution in [0.1, 0.15) is 52.9 Å². The maximum absolute atomic E-state index is 5.46. The maximum Gasteiger partial charge on any atom is 0.0594 e. The number of morpholine rings is 1. The van der Waals surface area contributed by atoms with E-state index in [0.29, 0.717) is 6.04 Å². The number of hydrogen-bond acceptors (Lipinski definition) is 4. The molecule has 4 heteroatoms. The zero-order valence-corrected chi connectivity index (χ0v) is 18.2. The zero-order valence-electron chi connectivity index (χ0n) is 18.2. The Labute approximate surface area is 167 Å². The topological polar surface area (TPSA) is 19.0 Å². The first-order valence-electron chi connectivity index (χ1n) is 11.7. The first-order chi connectivity index (χ1) is 13.2. The predicted molar refractivity (Wildman–Crippen MR) is 114 cm³/mol. The summed E-state index contributed by atoms with van der Waals surface area (Å²) in [4.78, 5) is 7.99. The third kappa shape index (κ3) is 6.03. The number of hydrogen-bond donors (Lipinski definition) is 0. The molecule has 3 fully saturated rings. The minimum absolute atomic E-state index is 0.649. The molecule has 156 valence electrons. The van der Waals surface area contributed by atoms with Gasteiger partial charge < -0.3 is 4.74 Å². The Morgan fingerprint density at radius 3 is 2.07 bits per heavy atom. The summed E-state index contributed by atoms with van der Waals surface area (Å²) < 4.78 is 5.46. The second-order valence-corrected chi connectivity index (χ2v) is 8.91. The molecule has 0 bridgehead atoms. The molecule has 2 atom stereocenters. The van der Waals surface area contributed by atoms with Gasteiger partial charge in [-0.2, -0.15) is 0 Å². The molecule has 1 aliphatic carbocycles. The van der Waals surface area contributed by atoms with Crippen LogP contribution < -0.4 is 0 Å². The van der Waals surface area contributed by atoms with Gasteiger partial charge in [-0.05, 0) is 37.5 Å². The molecule has 4 nitrogen and oxygen atoms in total. The van der Waals surface area contributed by atoms with Crippen molar-refractivity contribution in [1.29, 1.82) is 0 Å². The van der Waals surface area contributed by atoms with Crippen LogP contribution in [0.2, 0.25) is 0 Å². The lowest BCUT2D eigenvalue weighted by Crippen LogP contribution is -2.51. The van der Waals surface area contributed by atoms with Crippen molar-refractivity contribution in [2.75, 3.05) is 65.6 Å². The van der Waals surface area contributed by atoms with Crippen LogP contribution in [0.15, 0.2) is 11.6 Å². The Bertz CT molecular complexity index is 442. The van der Waals surface area contributed by atoms with E-state index in [1.165, 1.54) is 71.4 Å². The zero-order chi connectivity index (χ0) is 19.1. The van der Waals surface area contributed by atoms with Crippen molar-refractivity contribution in [1.82, 2.24) is 14.7 Å². The monoisotopic (exact) mass is 377 g/mol. The van der Waals surface area contributed by atoms with E-state index in [0.717, 1.165) is 38.1 Å². The molecule has 0 aromatic heterocycles. The third-order valence-electron chi connectivity index (χ3n) is 7.27. The van der Waals surface area contributed by atoms with Crippen LogP contribution in [0.3, 0.4) is 0 Å². The second kappa shape index (κ2) is 10.9. The van der Waals surface area contributed by atoms with Gasteiger partial charge in [-0.15, -0.1) is 0 Å². The fourth-order valence-corrected chi connectivity index (χ4v) is 4.81. The molecule has 0 aromatic carbocycles. The number of piperazine rings is 1. The molecule has 0 spiro atoms. The van der Waals surface area contributed by atoms with E-state index >= 15 is 0 Å². The summed E-state index contributed by atoms with van der Waals surface area (Å²) >= 11 is 0. The molecule has 0 aromatic rings. The van der Waals surface area contributed by atoms with E-state index in [1.54, 1.807) is 5.57 Å². The van der Waals surface area contributed by atoms with Crippen molar-refractivity contribution in [3.8, 4) is 0 Å². The van der Waals surface area contributed by atoms with Crippen LogP contribution in [0.4, 0.5) is 0 Å². The predicted octanol–water partition coefficient (Wildman–Crippen LogP) is 3.49. The van der Waals surface area contributed by atoms with E-state index in [2.05, 4.69) is 41.5 Å². The summed E-state index contributed by atoms with van der Waals surface area (Å²) in [5.41, 5.74) is 1.78. The van der Waals surface area contributed by atoms with Gasteiger partial charge in [-0.25, -0.2) is 0 Å². The van der Waals surface area contributed by atoms with E-state index in [4.69, 9.17) is 4.74 Å². The lowest BCUT2D eigenvalue weighted by molar-refractivity contribution is 0.0288. The normalized spacial score (nSPS) is 26.7. The summed E-state index contributed by atoms with van der Waals surface area (Å²) in [6.45, 7) is 18.6. The quantitative estimate of drug-likeness (QED) is 0.573. The summed E-state index contributed by atoms with van der Waals surface area (Å²) in [6, 6.07) is 0.649. The highest BCUT2D eigenvalue weighted by molar-refractivity contribution is 5.16. The average molecular weight is 378 g/mol. The van der Waals surface area contributed by atoms with Gasteiger partial charge in [0.05, 0.1) is 13.2 Å². The van der Waals surface area contributed by atoms with Gasteiger partial charge in [0.1, 0.15) is 0 Å². The van der Waals surface area contributed by atoms with Gasteiger partial charge in [0, 0.05) is 58.4 Å². The van der Waals surface area contributed by atoms with Gasteiger partial charge in [-0.3, -0.25) is 14.7 Å². The number of nitrogens with zero attached hydrogens (tertiary/aromatic N) is 3. The average Bonchev–Trinajstić information content (AvgIpc) is 2.68. The largest absolute Gasteiger partial charge is 0.379 e. The van der Waals surface area contributed by atoms with Crippen LogP contribution in [-0.4, -0.2) is 86.3 Å². The fraction of sp³-hybridized carbons (Fsp3) is 0.913. The minimum Gasteiger partial charge on any atom is -0.379 e. The summed E-state index contributed by atoms with van der Waals surface area (Å²) in [5, 5.41) is 0. The molecule has 0 amide bonds. The van der Waals surface area contributed by atoms with Gasteiger partial charge in [-0.1, -0.05) is 38.8 Å². The molecule has 2 saturated heterocycles. The molecular formula is C23H43N3O. The van der Waals surface area contributed by atoms with Crippen molar-refractivity contribution < 1.29 is 4.74 Å². The molecule has 27 heavy (non-hydrogen) atoms. The van der Waals surface area contributed by atoms with Crippen molar-refractivity contribution in [2.24, 2.45) is 11.8 Å². The molecule has 0 radical (unpaired) electrons. The van der Waals surface area contributed by atoms with Crippen molar-refractivity contribution in [3.63, 3.8) is 0 Å². The summed E-state index contributed by atoms with van der Waals surface area (Å²) in [6.07, 6.45) is 9.54. The maximum atomic E-state index is 5.46. The van der Waals surface area contributed by atoms with Crippen molar-refractivity contribution >= 4 is 0 Å². The van der Waals surface area contributed by atoms with Crippen LogP contribution in [0.5, 0.6) is 0 Å². The van der Waals surface area contributed by atoms with Crippen LogP contribution >= 0.6 is 0 Å². The Hall–Kier alpha value is -0.420. The highest BCUT2D eigenvalue weighted by atomic mass is 16.5. The van der Waals surface area contributed by atoms with Crippen LogP contribution in [0.25, 0.3) is 0 Å². The van der Waals surface area contributed by atoms with Crippen LogP contribution in [-0.2, 0) is 4.74 Å². The fourth-order valence-electron chi connectivity index (χ4n) is 4.81. The van der Waals surface area contributed by atoms with E-state index < -0.39 is 0 Å². The summed E-state index contributed by atoms with van der Waals surface area (Å²) in [5.74, 6) is 1.66. The molecule has 2 unspecified atom stereocenters. The Morgan fingerprint density at radius 2 is 1.56 bits per heavy atom. The molecule has 1 saturated carbocycles. The third-order valence-corrected chi connectivity index (χ3v) is 7.27. The molecule has 3 aliphatic rings. The van der Waals surface area contributed by atoms with E-state index in [1.807, 2.05) is 0 Å². The second-order valence-electron chi connectivity index (χ2n) is 8.91. The molecular weight excluding hydrogens is 334 g/mol. The smallest absolute Gasteiger partial charge is 0.0594 e. The Kier molecular flexibility index (Phi) is 8.63. The minimum atomic E-state index is 0.649. The lowest BCUT2D eigenvalue weighted by Gasteiger charge is -2.40. The van der Waals surface area contributed by atoms with Gasteiger partial charge in [0.15, 0.2) is 0 Å². The van der Waals surface area contributed by atoms with Crippen molar-refractivity contribution in [3.05, 3.63) is 11.6 Å². The Balaban J connectivity index is 1.48.